The number of anilines is 1. The predicted octanol–water partition coefficient (Wildman–Crippen LogP) is 2.99. The van der Waals surface area contributed by atoms with Crippen LogP contribution in [0, 0.1) is 25.2 Å². The number of hydrogen-bond acceptors (Lipinski definition) is 5. The third-order valence-corrected chi connectivity index (χ3v) is 3.29. The van der Waals surface area contributed by atoms with Crippen molar-refractivity contribution in [2.75, 3.05) is 18.7 Å². The summed E-state index contributed by atoms with van der Waals surface area (Å²) in [6.45, 7) is 3.95. The molecule has 0 aliphatic carbocycles. The van der Waals surface area contributed by atoms with E-state index in [1.165, 1.54) is 18.9 Å². The summed E-state index contributed by atoms with van der Waals surface area (Å²) >= 11 is 1.30. The lowest BCUT2D eigenvalue weighted by Gasteiger charge is -2.13. The fraction of sp³-hybridized carbons (Fsp3) is 0.286. The third kappa shape index (κ3) is 3.76. The summed E-state index contributed by atoms with van der Waals surface area (Å²) in [5.41, 5.74) is 3.00. The number of carbonyl (C=O) groups is 1. The molecule has 19 heavy (non-hydrogen) atoms. The van der Waals surface area contributed by atoms with Gasteiger partial charge >= 0.3 is 5.97 Å². The van der Waals surface area contributed by atoms with Crippen LogP contribution in [0.4, 0.5) is 5.69 Å². The fourth-order valence-electron chi connectivity index (χ4n) is 1.50. The molecule has 0 saturated carbocycles. The normalized spacial score (nSPS) is 11.3. The van der Waals surface area contributed by atoms with E-state index in [2.05, 4.69) is 10.1 Å². The molecule has 0 fully saturated rings. The maximum Gasteiger partial charge on any atom is 0.351 e. The number of benzene rings is 1. The number of nitrogens with one attached hydrogen (secondary N) is 1. The Bertz CT molecular complexity index is 559. The highest BCUT2D eigenvalue weighted by atomic mass is 32.2. The average Bonchev–Trinajstić information content (AvgIpc) is 2.41. The maximum absolute atomic E-state index is 11.5. The van der Waals surface area contributed by atoms with Crippen molar-refractivity contribution in [2.24, 2.45) is 0 Å². The molecule has 0 saturated heterocycles. The van der Waals surface area contributed by atoms with E-state index in [4.69, 9.17) is 5.26 Å². The molecular weight excluding hydrogens is 260 g/mol. The first-order chi connectivity index (χ1) is 9.03. The minimum Gasteiger partial charge on any atom is -0.465 e. The topological polar surface area (TPSA) is 62.1 Å². The number of ether oxygens (including phenoxy) is 1. The van der Waals surface area contributed by atoms with Crippen LogP contribution < -0.4 is 5.32 Å². The number of thioether (sulfide) groups is 1. The first-order valence-electron chi connectivity index (χ1n) is 5.64. The number of esters is 1. The van der Waals surface area contributed by atoms with Gasteiger partial charge in [-0.3, -0.25) is 0 Å². The summed E-state index contributed by atoms with van der Waals surface area (Å²) in [6.07, 6.45) is 1.80. The molecule has 0 radical (unpaired) electrons. The van der Waals surface area contributed by atoms with Gasteiger partial charge in [0.25, 0.3) is 0 Å². The quantitative estimate of drug-likeness (QED) is 0.520. The van der Waals surface area contributed by atoms with E-state index < -0.39 is 5.97 Å². The number of aryl methyl sites for hydroxylation is 2. The Morgan fingerprint density at radius 1 is 1.42 bits per heavy atom. The first kappa shape index (κ1) is 15.1. The number of rotatable bonds is 4. The molecule has 0 bridgehead atoms. The zero-order chi connectivity index (χ0) is 14.4. The molecule has 0 heterocycles. The van der Waals surface area contributed by atoms with Gasteiger partial charge in [-0.1, -0.05) is 12.1 Å². The number of methoxy groups -OCH3 is 1. The SMILES string of the molecule is COC(=O)/C(C#N)=C(/Nc1cc(C)ccc1C)SC. The molecular formula is C14H16N2O2S. The standard InChI is InChI=1S/C14H16N2O2S/c1-9-5-6-10(2)12(7-9)16-13(19-4)11(8-15)14(17)18-3/h5-7,16H,1-4H3/b13-11-. The first-order valence-corrected chi connectivity index (χ1v) is 6.87. The fourth-order valence-corrected chi connectivity index (χ4v) is 2.04. The zero-order valence-corrected chi connectivity index (χ0v) is 12.2. The Hall–Kier alpha value is -1.93. The van der Waals surface area contributed by atoms with Crippen LogP contribution in [-0.4, -0.2) is 19.3 Å². The summed E-state index contributed by atoms with van der Waals surface area (Å²) < 4.78 is 4.61. The monoisotopic (exact) mass is 276 g/mol. The Morgan fingerprint density at radius 2 is 2.11 bits per heavy atom. The van der Waals surface area contributed by atoms with Gasteiger partial charge in [-0.15, -0.1) is 11.8 Å². The van der Waals surface area contributed by atoms with Gasteiger partial charge in [0, 0.05) is 5.69 Å². The summed E-state index contributed by atoms with van der Waals surface area (Å²) in [4.78, 5) is 11.5. The van der Waals surface area contributed by atoms with Crippen molar-refractivity contribution in [2.45, 2.75) is 13.8 Å². The number of nitrogens with zero attached hydrogens (tertiary/aromatic N) is 1. The van der Waals surface area contributed by atoms with Gasteiger partial charge in [-0.25, -0.2) is 4.79 Å². The Kier molecular flexibility index (Phi) is 5.46. The molecule has 1 aromatic carbocycles. The van der Waals surface area contributed by atoms with Crippen LogP contribution in [0.2, 0.25) is 0 Å². The molecule has 0 unspecified atom stereocenters. The Morgan fingerprint density at radius 3 is 2.63 bits per heavy atom. The molecule has 0 aromatic heterocycles. The van der Waals surface area contributed by atoms with E-state index >= 15 is 0 Å². The van der Waals surface area contributed by atoms with Crippen LogP contribution in [0.25, 0.3) is 0 Å². The Balaban J connectivity index is 3.19. The van der Waals surface area contributed by atoms with Crippen LogP contribution in [0.3, 0.4) is 0 Å². The average molecular weight is 276 g/mol. The van der Waals surface area contributed by atoms with Crippen LogP contribution in [0.15, 0.2) is 28.8 Å². The lowest BCUT2D eigenvalue weighted by atomic mass is 10.1. The van der Waals surface area contributed by atoms with Gasteiger partial charge in [0.2, 0.25) is 0 Å². The largest absolute Gasteiger partial charge is 0.465 e. The molecule has 0 amide bonds. The molecule has 0 spiro atoms. The van der Waals surface area contributed by atoms with Gasteiger partial charge in [-0.2, -0.15) is 5.26 Å². The number of hydrogen-bond donors (Lipinski definition) is 1. The second kappa shape index (κ2) is 6.86. The van der Waals surface area contributed by atoms with Gasteiger partial charge in [0.1, 0.15) is 6.07 Å². The summed E-state index contributed by atoms with van der Waals surface area (Å²) in [7, 11) is 1.26. The molecule has 1 N–H and O–H groups in total. The summed E-state index contributed by atoms with van der Waals surface area (Å²) in [5.74, 6) is -0.635. The number of carbonyl (C=O) groups excluding carboxylic acids is 1. The van der Waals surface area contributed by atoms with E-state index in [0.29, 0.717) is 5.03 Å². The minimum absolute atomic E-state index is 0.0177. The van der Waals surface area contributed by atoms with Gasteiger partial charge in [0.05, 0.1) is 12.1 Å². The number of nitriles is 1. The van der Waals surface area contributed by atoms with E-state index in [-0.39, 0.29) is 5.57 Å². The van der Waals surface area contributed by atoms with E-state index in [0.717, 1.165) is 16.8 Å². The second-order valence-electron chi connectivity index (χ2n) is 3.96. The second-order valence-corrected chi connectivity index (χ2v) is 4.77. The van der Waals surface area contributed by atoms with E-state index in [1.807, 2.05) is 38.1 Å². The van der Waals surface area contributed by atoms with Gasteiger partial charge < -0.3 is 10.1 Å². The van der Waals surface area contributed by atoms with Crippen molar-refractivity contribution < 1.29 is 9.53 Å². The highest BCUT2D eigenvalue weighted by molar-refractivity contribution is 8.02. The molecule has 5 heteroatoms. The van der Waals surface area contributed by atoms with Crippen LogP contribution >= 0.6 is 11.8 Å². The lowest BCUT2D eigenvalue weighted by Crippen LogP contribution is -2.10. The molecule has 0 aliphatic rings. The summed E-state index contributed by atoms with van der Waals surface area (Å²) in [6, 6.07) is 7.84. The highest BCUT2D eigenvalue weighted by Crippen LogP contribution is 2.24. The van der Waals surface area contributed by atoms with Gasteiger partial charge in [-0.05, 0) is 37.3 Å². The summed E-state index contributed by atoms with van der Waals surface area (Å²) in [5, 5.41) is 12.7. The van der Waals surface area contributed by atoms with Gasteiger partial charge in [0.15, 0.2) is 5.57 Å². The third-order valence-electron chi connectivity index (χ3n) is 2.57. The van der Waals surface area contributed by atoms with Crippen molar-refractivity contribution in [3.05, 3.63) is 39.9 Å². The van der Waals surface area contributed by atoms with Crippen molar-refractivity contribution in [1.82, 2.24) is 0 Å². The maximum atomic E-state index is 11.5. The molecule has 1 rings (SSSR count). The molecule has 1 aromatic rings. The van der Waals surface area contributed by atoms with Crippen molar-refractivity contribution in [1.29, 1.82) is 5.26 Å². The van der Waals surface area contributed by atoms with Crippen LogP contribution in [0.5, 0.6) is 0 Å². The van der Waals surface area contributed by atoms with E-state index in [9.17, 15) is 4.79 Å². The smallest absolute Gasteiger partial charge is 0.351 e. The van der Waals surface area contributed by atoms with Crippen LogP contribution in [0.1, 0.15) is 11.1 Å². The van der Waals surface area contributed by atoms with Crippen molar-refractivity contribution in [3.63, 3.8) is 0 Å². The van der Waals surface area contributed by atoms with Crippen molar-refractivity contribution in [3.8, 4) is 6.07 Å². The zero-order valence-electron chi connectivity index (χ0n) is 11.4. The van der Waals surface area contributed by atoms with E-state index in [1.54, 1.807) is 6.26 Å². The predicted molar refractivity (Wildman–Crippen MR) is 77.7 cm³/mol. The molecule has 100 valence electrons. The minimum atomic E-state index is -0.635. The van der Waals surface area contributed by atoms with Crippen LogP contribution in [-0.2, 0) is 9.53 Å². The van der Waals surface area contributed by atoms with Crippen molar-refractivity contribution >= 4 is 23.4 Å². The lowest BCUT2D eigenvalue weighted by molar-refractivity contribution is -0.135. The molecule has 0 atom stereocenters. The Labute approximate surface area is 117 Å². The molecule has 0 aliphatic heterocycles. The molecule has 4 nitrogen and oxygen atoms in total. The highest BCUT2D eigenvalue weighted by Gasteiger charge is 2.16.